The average molecular weight is 672 g/mol. The zero-order chi connectivity index (χ0) is 41.4. The molecule has 0 unspecified atom stereocenters. The molecule has 0 atom stereocenters. The van der Waals surface area contributed by atoms with Crippen LogP contribution < -0.4 is 4.90 Å². The summed E-state index contributed by atoms with van der Waals surface area (Å²) < 4.78 is 81.9. The van der Waals surface area contributed by atoms with Crippen LogP contribution in [0, 0.1) is 0 Å². The van der Waals surface area contributed by atoms with Crippen LogP contribution in [0.1, 0.15) is 11.0 Å². The van der Waals surface area contributed by atoms with E-state index in [1.807, 2.05) is 103 Å². The molecule has 244 valence electrons. The van der Waals surface area contributed by atoms with E-state index in [9.17, 15) is 11.0 Å². The largest absolute Gasteiger partial charge is 0.455 e. The summed E-state index contributed by atoms with van der Waals surface area (Å²) in [4.78, 5) is 1.35. The number of hydrogen-bond acceptors (Lipinski definition) is 2. The minimum Gasteiger partial charge on any atom is -0.455 e. The smallest absolute Gasteiger partial charge is 0.143 e. The van der Waals surface area contributed by atoms with Gasteiger partial charge in [0.2, 0.25) is 0 Å². The topological polar surface area (TPSA) is 16.4 Å². The minimum atomic E-state index is -0.400. The molecule has 9 aromatic carbocycles. The molecule has 0 fully saturated rings. The van der Waals surface area contributed by atoms with Crippen molar-refractivity contribution in [3.05, 3.63) is 200 Å². The average Bonchev–Trinajstić information content (AvgIpc) is 3.68. The first-order valence-electron chi connectivity index (χ1n) is 21.1. The second-order valence-electron chi connectivity index (χ2n) is 12.7. The van der Waals surface area contributed by atoms with Crippen molar-refractivity contribution in [2.75, 3.05) is 4.90 Å². The zero-order valence-corrected chi connectivity index (χ0v) is 27.8. The maximum atomic E-state index is 9.59. The van der Waals surface area contributed by atoms with Gasteiger partial charge in [0.25, 0.3) is 0 Å². The van der Waals surface area contributed by atoms with Crippen molar-refractivity contribution in [2.24, 2.45) is 0 Å². The lowest BCUT2D eigenvalue weighted by molar-refractivity contribution is 0.673. The molecular formula is C50H33NO. The summed E-state index contributed by atoms with van der Waals surface area (Å²) in [5.41, 5.74) is 4.15. The van der Waals surface area contributed by atoms with Crippen molar-refractivity contribution in [1.82, 2.24) is 0 Å². The third-order valence-corrected chi connectivity index (χ3v) is 9.59. The van der Waals surface area contributed by atoms with Crippen LogP contribution in [-0.4, -0.2) is 0 Å². The minimum absolute atomic E-state index is 0.111. The second-order valence-corrected chi connectivity index (χ2v) is 12.7. The second kappa shape index (κ2) is 12.5. The standard InChI is InChI=1S/C50H33NO/c1-2-11-34(12-3-1)35-23-28-40(29-24-35)51(41-30-25-38(26-31-41)44-20-9-15-36-13-4-6-18-43(36)44)42-17-8-16-39(33-42)45-21-10-22-48-49(45)47-32-27-37-14-5-7-19-46(37)50(47)52-48/h1-33H/i23D,24D,25D,26D,28D,29D,30D,31D. The zero-order valence-electron chi connectivity index (χ0n) is 35.8. The van der Waals surface area contributed by atoms with Crippen molar-refractivity contribution < 1.29 is 15.4 Å². The quantitative estimate of drug-likeness (QED) is 0.175. The Hall–Kier alpha value is -6.90. The van der Waals surface area contributed by atoms with Crippen LogP contribution in [0.5, 0.6) is 0 Å². The lowest BCUT2D eigenvalue weighted by Gasteiger charge is -2.26. The Morgan fingerprint density at radius 3 is 1.77 bits per heavy atom. The van der Waals surface area contributed by atoms with Gasteiger partial charge < -0.3 is 9.32 Å². The summed E-state index contributed by atoms with van der Waals surface area (Å²) in [6.45, 7) is 0. The molecule has 1 aromatic heterocycles. The maximum Gasteiger partial charge on any atom is 0.143 e. The molecule has 0 spiro atoms. The summed E-state index contributed by atoms with van der Waals surface area (Å²) in [5.74, 6) is 0. The Kier molecular flexibility index (Phi) is 5.45. The fourth-order valence-electron chi connectivity index (χ4n) is 7.14. The Bertz CT molecular complexity index is 3320. The van der Waals surface area contributed by atoms with Crippen LogP contribution in [0.15, 0.2) is 204 Å². The van der Waals surface area contributed by atoms with Gasteiger partial charge in [0.15, 0.2) is 0 Å². The summed E-state index contributed by atoms with van der Waals surface area (Å²) in [7, 11) is 0. The van der Waals surface area contributed by atoms with Crippen molar-refractivity contribution >= 4 is 60.5 Å². The maximum absolute atomic E-state index is 9.59. The van der Waals surface area contributed by atoms with Gasteiger partial charge in [-0.05, 0) is 98.0 Å². The fourth-order valence-corrected chi connectivity index (χ4v) is 7.14. The number of fused-ring (bicyclic) bond motifs is 6. The van der Waals surface area contributed by atoms with E-state index >= 15 is 0 Å². The first-order chi connectivity index (χ1) is 29.1. The Labute approximate surface area is 313 Å². The van der Waals surface area contributed by atoms with E-state index in [-0.39, 0.29) is 46.7 Å². The third-order valence-electron chi connectivity index (χ3n) is 9.59. The fraction of sp³-hybridized carbons (Fsp3) is 0. The molecule has 0 aliphatic carbocycles. The van der Waals surface area contributed by atoms with Gasteiger partial charge in [0.1, 0.15) is 11.2 Å². The van der Waals surface area contributed by atoms with Crippen LogP contribution >= 0.6 is 0 Å². The summed E-state index contributed by atoms with van der Waals surface area (Å²) in [6, 6.07) is 44.3. The van der Waals surface area contributed by atoms with E-state index < -0.39 is 24.2 Å². The highest BCUT2D eigenvalue weighted by atomic mass is 16.3. The van der Waals surface area contributed by atoms with E-state index in [0.717, 1.165) is 49.0 Å². The molecule has 0 aliphatic rings. The van der Waals surface area contributed by atoms with Gasteiger partial charge >= 0.3 is 0 Å². The molecule has 10 aromatic rings. The third kappa shape index (κ3) is 5.12. The van der Waals surface area contributed by atoms with Gasteiger partial charge in [-0.25, -0.2) is 0 Å². The number of anilines is 3. The molecule has 2 heteroatoms. The Balaban J connectivity index is 1.25. The highest BCUT2D eigenvalue weighted by Crippen LogP contribution is 2.42. The molecule has 0 saturated carbocycles. The van der Waals surface area contributed by atoms with Crippen LogP contribution in [0.2, 0.25) is 0 Å². The molecule has 2 nitrogen and oxygen atoms in total. The Morgan fingerprint density at radius 2 is 0.981 bits per heavy atom. The number of furan rings is 1. The molecule has 0 amide bonds. The van der Waals surface area contributed by atoms with Gasteiger partial charge in [-0.2, -0.15) is 0 Å². The molecule has 0 bridgehead atoms. The van der Waals surface area contributed by atoms with Crippen molar-refractivity contribution in [3.8, 4) is 33.4 Å². The number of nitrogens with zero attached hydrogens (tertiary/aromatic N) is 1. The number of rotatable bonds is 6. The van der Waals surface area contributed by atoms with E-state index in [2.05, 4.69) is 6.07 Å². The normalized spacial score (nSPS) is 13.6. The highest BCUT2D eigenvalue weighted by Gasteiger charge is 2.18. The monoisotopic (exact) mass is 671 g/mol. The summed E-state index contributed by atoms with van der Waals surface area (Å²) in [5, 5.41) is 5.47. The number of hydrogen-bond donors (Lipinski definition) is 0. The van der Waals surface area contributed by atoms with Gasteiger partial charge in [0, 0.05) is 33.2 Å². The van der Waals surface area contributed by atoms with E-state index in [1.54, 1.807) is 42.5 Å². The lowest BCUT2D eigenvalue weighted by Crippen LogP contribution is -2.10. The van der Waals surface area contributed by atoms with Crippen LogP contribution in [0.25, 0.3) is 76.9 Å². The molecule has 52 heavy (non-hydrogen) atoms. The summed E-state index contributed by atoms with van der Waals surface area (Å²) >= 11 is 0. The van der Waals surface area contributed by atoms with E-state index in [1.165, 1.54) is 4.90 Å². The predicted octanol–water partition coefficient (Wildman–Crippen LogP) is 14.4. The van der Waals surface area contributed by atoms with Gasteiger partial charge in [0.05, 0.1) is 11.0 Å². The predicted molar refractivity (Wildman–Crippen MR) is 220 cm³/mol. The first-order valence-corrected chi connectivity index (χ1v) is 17.1. The molecule has 0 aliphatic heterocycles. The van der Waals surface area contributed by atoms with Crippen LogP contribution in [0.4, 0.5) is 17.1 Å². The first kappa shape index (κ1) is 22.7. The van der Waals surface area contributed by atoms with Gasteiger partial charge in [-0.15, -0.1) is 0 Å². The van der Waals surface area contributed by atoms with E-state index in [0.29, 0.717) is 22.4 Å². The molecular weight excluding hydrogens is 631 g/mol. The van der Waals surface area contributed by atoms with Crippen molar-refractivity contribution in [3.63, 3.8) is 0 Å². The lowest BCUT2D eigenvalue weighted by atomic mass is 9.97. The molecule has 0 N–H and O–H groups in total. The molecule has 0 radical (unpaired) electrons. The molecule has 0 saturated heterocycles. The van der Waals surface area contributed by atoms with E-state index in [4.69, 9.17) is 4.42 Å². The number of benzene rings is 9. The van der Waals surface area contributed by atoms with Crippen molar-refractivity contribution in [2.45, 2.75) is 0 Å². The van der Waals surface area contributed by atoms with Crippen molar-refractivity contribution in [1.29, 1.82) is 0 Å². The van der Waals surface area contributed by atoms with Gasteiger partial charge in [-0.1, -0.05) is 152 Å². The van der Waals surface area contributed by atoms with Gasteiger partial charge in [-0.3, -0.25) is 0 Å². The molecule has 1 heterocycles. The SMILES string of the molecule is [2H]c1c([2H])c(N(c2cccc(-c3cccc4oc5c6ccccc6ccc5c34)c2)c2c([2H])c([2H])c(-c3cccc4ccccc34)c([2H])c2[2H])c([2H])c([2H])c1-c1ccccc1. The Morgan fingerprint density at radius 1 is 0.385 bits per heavy atom. The highest BCUT2D eigenvalue weighted by molar-refractivity contribution is 6.19. The molecule has 10 rings (SSSR count). The summed E-state index contributed by atoms with van der Waals surface area (Å²) in [6.07, 6.45) is 0. The van der Waals surface area contributed by atoms with Crippen LogP contribution in [0.3, 0.4) is 0 Å². The van der Waals surface area contributed by atoms with Crippen LogP contribution in [-0.2, 0) is 0 Å².